The maximum atomic E-state index is 6.10. The molecule has 3 rings (SSSR count). The molecule has 1 heterocycles. The first kappa shape index (κ1) is 9.76. The van der Waals surface area contributed by atoms with Crippen LogP contribution in [0.2, 0.25) is 0 Å². The van der Waals surface area contributed by atoms with Gasteiger partial charge in [-0.05, 0) is 37.3 Å². The van der Waals surface area contributed by atoms with Crippen molar-refractivity contribution in [3.05, 3.63) is 35.9 Å². The molecule has 0 radical (unpaired) electrons. The number of hydrogen-bond acceptors (Lipinski definition) is 2. The molecule has 1 unspecified atom stereocenters. The first-order chi connectivity index (χ1) is 7.86. The van der Waals surface area contributed by atoms with E-state index in [0.717, 1.165) is 18.7 Å². The number of fused-ring (bicyclic) bond motifs is 1. The second-order valence-corrected chi connectivity index (χ2v) is 4.72. The predicted octanol–water partition coefficient (Wildman–Crippen LogP) is 2.74. The van der Waals surface area contributed by atoms with Gasteiger partial charge in [0.1, 0.15) is 0 Å². The number of nitrogens with zero attached hydrogens (tertiary/aromatic N) is 1. The standard InChI is InChI=1S/C14H18N2/c15-13-8-4-5-11-9-10-16(14(11)13)12-6-2-1-3-7-12/h2,4-6,8,12H,1,3,7,9-10,15H2. The minimum Gasteiger partial charge on any atom is -0.397 e. The van der Waals surface area contributed by atoms with E-state index < -0.39 is 0 Å². The SMILES string of the molecule is Nc1cccc2c1N(C1C=CCCC1)CC2. The van der Waals surface area contributed by atoms with Gasteiger partial charge in [0, 0.05) is 12.6 Å². The van der Waals surface area contributed by atoms with Gasteiger partial charge in [-0.2, -0.15) is 0 Å². The van der Waals surface area contributed by atoms with Gasteiger partial charge < -0.3 is 10.6 Å². The summed E-state index contributed by atoms with van der Waals surface area (Å²) < 4.78 is 0. The summed E-state index contributed by atoms with van der Waals surface area (Å²) in [6, 6.07) is 6.86. The third-order valence-corrected chi connectivity index (χ3v) is 3.69. The summed E-state index contributed by atoms with van der Waals surface area (Å²) in [5.74, 6) is 0. The minimum atomic E-state index is 0.569. The largest absolute Gasteiger partial charge is 0.397 e. The van der Waals surface area contributed by atoms with Crippen LogP contribution in [-0.2, 0) is 6.42 Å². The highest BCUT2D eigenvalue weighted by molar-refractivity contribution is 5.74. The van der Waals surface area contributed by atoms with Crippen molar-refractivity contribution in [2.24, 2.45) is 0 Å². The number of nitrogen functional groups attached to an aromatic ring is 1. The highest BCUT2D eigenvalue weighted by Crippen LogP contribution is 2.36. The molecule has 0 bridgehead atoms. The Morgan fingerprint density at radius 3 is 3.06 bits per heavy atom. The molecule has 2 nitrogen and oxygen atoms in total. The van der Waals surface area contributed by atoms with Gasteiger partial charge in [0.25, 0.3) is 0 Å². The fourth-order valence-electron chi connectivity index (χ4n) is 2.90. The van der Waals surface area contributed by atoms with Crippen LogP contribution in [0.5, 0.6) is 0 Å². The van der Waals surface area contributed by atoms with E-state index in [4.69, 9.17) is 5.73 Å². The normalized spacial score (nSPS) is 23.5. The Balaban J connectivity index is 1.96. The van der Waals surface area contributed by atoms with Crippen LogP contribution in [0, 0.1) is 0 Å². The Bertz CT molecular complexity index is 423. The quantitative estimate of drug-likeness (QED) is 0.575. The van der Waals surface area contributed by atoms with E-state index in [1.54, 1.807) is 0 Å². The lowest BCUT2D eigenvalue weighted by Crippen LogP contribution is -2.33. The lowest BCUT2D eigenvalue weighted by molar-refractivity contribution is 0.599. The molecule has 1 aliphatic heterocycles. The van der Waals surface area contributed by atoms with Gasteiger partial charge in [-0.3, -0.25) is 0 Å². The van der Waals surface area contributed by atoms with Crippen LogP contribution < -0.4 is 10.6 Å². The summed E-state index contributed by atoms with van der Waals surface area (Å²) in [6.45, 7) is 1.12. The zero-order chi connectivity index (χ0) is 11.0. The molecule has 2 heteroatoms. The molecule has 1 aliphatic carbocycles. The lowest BCUT2D eigenvalue weighted by Gasteiger charge is -2.30. The molecule has 0 amide bonds. The molecule has 2 N–H and O–H groups in total. The van der Waals surface area contributed by atoms with E-state index >= 15 is 0 Å². The van der Waals surface area contributed by atoms with E-state index in [9.17, 15) is 0 Å². The molecule has 84 valence electrons. The Kier molecular flexibility index (Phi) is 2.35. The van der Waals surface area contributed by atoms with Crippen molar-refractivity contribution in [1.29, 1.82) is 0 Å². The molecule has 0 spiro atoms. The second-order valence-electron chi connectivity index (χ2n) is 4.72. The monoisotopic (exact) mass is 214 g/mol. The molecule has 0 aromatic heterocycles. The number of hydrogen-bond donors (Lipinski definition) is 1. The fourth-order valence-corrected chi connectivity index (χ4v) is 2.90. The minimum absolute atomic E-state index is 0.569. The van der Waals surface area contributed by atoms with Crippen molar-refractivity contribution in [2.45, 2.75) is 31.7 Å². The predicted molar refractivity (Wildman–Crippen MR) is 68.7 cm³/mol. The van der Waals surface area contributed by atoms with Gasteiger partial charge in [0.15, 0.2) is 0 Å². The van der Waals surface area contributed by atoms with Crippen LogP contribution in [0.25, 0.3) is 0 Å². The molecular formula is C14H18N2. The highest BCUT2D eigenvalue weighted by atomic mass is 15.2. The number of allylic oxidation sites excluding steroid dienone is 1. The smallest absolute Gasteiger partial charge is 0.0638 e. The van der Waals surface area contributed by atoms with E-state index in [-0.39, 0.29) is 0 Å². The Morgan fingerprint density at radius 1 is 1.31 bits per heavy atom. The Hall–Kier alpha value is -1.44. The lowest BCUT2D eigenvalue weighted by atomic mass is 10.0. The number of anilines is 2. The van der Waals surface area contributed by atoms with Crippen LogP contribution in [0.3, 0.4) is 0 Å². The van der Waals surface area contributed by atoms with Crippen molar-refractivity contribution in [3.63, 3.8) is 0 Å². The highest BCUT2D eigenvalue weighted by Gasteiger charge is 2.26. The Morgan fingerprint density at radius 2 is 2.25 bits per heavy atom. The second kappa shape index (κ2) is 3.85. The van der Waals surface area contributed by atoms with Crippen LogP contribution in [0.1, 0.15) is 24.8 Å². The first-order valence-corrected chi connectivity index (χ1v) is 6.17. The summed E-state index contributed by atoms with van der Waals surface area (Å²) in [5.41, 5.74) is 9.75. The molecule has 16 heavy (non-hydrogen) atoms. The molecule has 1 atom stereocenters. The molecule has 0 fully saturated rings. The maximum absolute atomic E-state index is 6.10. The van der Waals surface area contributed by atoms with Crippen molar-refractivity contribution >= 4 is 11.4 Å². The summed E-state index contributed by atoms with van der Waals surface area (Å²) in [7, 11) is 0. The van der Waals surface area contributed by atoms with E-state index in [1.165, 1.54) is 30.5 Å². The van der Waals surface area contributed by atoms with Crippen LogP contribution in [0.4, 0.5) is 11.4 Å². The van der Waals surface area contributed by atoms with Crippen molar-refractivity contribution in [1.82, 2.24) is 0 Å². The number of para-hydroxylation sites is 1. The molecule has 0 saturated heterocycles. The number of nitrogens with two attached hydrogens (primary N) is 1. The number of rotatable bonds is 1. The van der Waals surface area contributed by atoms with E-state index in [2.05, 4.69) is 29.2 Å². The first-order valence-electron chi connectivity index (χ1n) is 6.17. The van der Waals surface area contributed by atoms with Gasteiger partial charge in [-0.25, -0.2) is 0 Å². The average molecular weight is 214 g/mol. The third kappa shape index (κ3) is 1.49. The topological polar surface area (TPSA) is 29.3 Å². The van der Waals surface area contributed by atoms with Crippen LogP contribution in [-0.4, -0.2) is 12.6 Å². The average Bonchev–Trinajstić information content (AvgIpc) is 2.75. The number of benzene rings is 1. The van der Waals surface area contributed by atoms with Gasteiger partial charge in [-0.1, -0.05) is 24.3 Å². The fraction of sp³-hybridized carbons (Fsp3) is 0.429. The Labute approximate surface area is 96.7 Å². The van der Waals surface area contributed by atoms with Crippen molar-refractivity contribution in [2.75, 3.05) is 17.2 Å². The van der Waals surface area contributed by atoms with Gasteiger partial charge in [0.05, 0.1) is 11.4 Å². The molecular weight excluding hydrogens is 196 g/mol. The van der Waals surface area contributed by atoms with E-state index in [0.29, 0.717) is 6.04 Å². The van der Waals surface area contributed by atoms with Gasteiger partial charge >= 0.3 is 0 Å². The van der Waals surface area contributed by atoms with Crippen molar-refractivity contribution in [3.8, 4) is 0 Å². The van der Waals surface area contributed by atoms with Crippen LogP contribution >= 0.6 is 0 Å². The molecule has 2 aliphatic rings. The molecule has 1 aromatic carbocycles. The summed E-state index contributed by atoms with van der Waals surface area (Å²) >= 11 is 0. The zero-order valence-corrected chi connectivity index (χ0v) is 9.52. The zero-order valence-electron chi connectivity index (χ0n) is 9.52. The summed E-state index contributed by atoms with van der Waals surface area (Å²) in [6.07, 6.45) is 9.62. The van der Waals surface area contributed by atoms with Gasteiger partial charge in [0.2, 0.25) is 0 Å². The summed E-state index contributed by atoms with van der Waals surface area (Å²) in [4.78, 5) is 2.49. The third-order valence-electron chi connectivity index (χ3n) is 3.69. The van der Waals surface area contributed by atoms with Crippen LogP contribution in [0.15, 0.2) is 30.4 Å². The van der Waals surface area contributed by atoms with Crippen molar-refractivity contribution < 1.29 is 0 Å². The molecule has 0 saturated carbocycles. The molecule has 1 aromatic rings. The van der Waals surface area contributed by atoms with Gasteiger partial charge in [-0.15, -0.1) is 0 Å². The summed E-state index contributed by atoms with van der Waals surface area (Å²) in [5, 5.41) is 0. The maximum Gasteiger partial charge on any atom is 0.0638 e. The van der Waals surface area contributed by atoms with E-state index in [1.807, 2.05) is 6.07 Å².